The molecule has 0 aliphatic carbocycles. The molecule has 0 saturated heterocycles. The molecule has 0 fully saturated rings. The second kappa shape index (κ2) is 6.56. The first-order chi connectivity index (χ1) is 6.31. The third kappa shape index (κ3) is 5.52. The zero-order chi connectivity index (χ0) is 11.4. The van der Waals surface area contributed by atoms with Crippen LogP contribution in [0.5, 0.6) is 0 Å². The van der Waals surface area contributed by atoms with Crippen LogP contribution in [0.3, 0.4) is 0 Å². The van der Waals surface area contributed by atoms with Gasteiger partial charge in [-0.3, -0.25) is 0 Å². The largest absolute Gasteiger partial charge is 2.00 e. The fourth-order valence-corrected chi connectivity index (χ4v) is 0.717. The summed E-state index contributed by atoms with van der Waals surface area (Å²) in [5, 5.41) is 37.1. The standard InChI is InChI=1S/C6H8O8.Mg/c7-3(8)1-6(12,5(10)11)2-4(9)14-13;/h12-13H,1-2H2,(H,7,8)(H,10,11);/q;+2/p-2. The quantitative estimate of drug-likeness (QED) is 0.273. The van der Waals surface area contributed by atoms with Crippen molar-refractivity contribution < 1.29 is 39.8 Å². The van der Waals surface area contributed by atoms with Gasteiger partial charge >= 0.3 is 29.0 Å². The maximum Gasteiger partial charge on any atom is 2.00 e. The molecule has 8 nitrogen and oxygen atoms in total. The van der Waals surface area contributed by atoms with Crippen LogP contribution < -0.4 is 10.2 Å². The van der Waals surface area contributed by atoms with Gasteiger partial charge in [0.2, 0.25) is 0 Å². The molecule has 0 spiro atoms. The van der Waals surface area contributed by atoms with Crippen molar-refractivity contribution in [1.29, 1.82) is 0 Å². The van der Waals surface area contributed by atoms with Gasteiger partial charge in [0.1, 0.15) is 5.60 Å². The van der Waals surface area contributed by atoms with Crippen molar-refractivity contribution in [2.24, 2.45) is 0 Å². The van der Waals surface area contributed by atoms with E-state index < -0.39 is 36.4 Å². The molecule has 0 bridgehead atoms. The zero-order valence-corrected chi connectivity index (χ0v) is 8.88. The van der Waals surface area contributed by atoms with Crippen molar-refractivity contribution >= 4 is 41.0 Å². The second-order valence-electron chi connectivity index (χ2n) is 2.51. The van der Waals surface area contributed by atoms with Crippen molar-refractivity contribution in [2.45, 2.75) is 18.4 Å². The molecule has 9 heteroatoms. The molecule has 1 atom stereocenters. The Morgan fingerprint density at radius 2 is 1.67 bits per heavy atom. The van der Waals surface area contributed by atoms with Gasteiger partial charge in [-0.15, -0.1) is 0 Å². The number of carboxylic acids is 2. The number of hydrogen-bond acceptors (Lipinski definition) is 8. The van der Waals surface area contributed by atoms with Gasteiger partial charge in [0.25, 0.3) is 0 Å². The molecule has 80 valence electrons. The zero-order valence-electron chi connectivity index (χ0n) is 7.47. The van der Waals surface area contributed by atoms with Gasteiger partial charge in [0.15, 0.2) is 0 Å². The maximum atomic E-state index is 10.4. The molecule has 0 aromatic carbocycles. The summed E-state index contributed by atoms with van der Waals surface area (Å²) in [5.41, 5.74) is -2.95. The predicted molar refractivity (Wildman–Crippen MR) is 38.7 cm³/mol. The third-order valence-corrected chi connectivity index (χ3v) is 1.36. The number of hydrogen-bond donors (Lipinski definition) is 2. The fraction of sp³-hybridized carbons (Fsp3) is 0.500. The second-order valence-corrected chi connectivity index (χ2v) is 2.51. The minimum absolute atomic E-state index is 0. The molecule has 0 aliphatic heterocycles. The van der Waals surface area contributed by atoms with Gasteiger partial charge in [-0.25, -0.2) is 4.79 Å². The molecule has 0 aromatic rings. The number of carbonyl (C=O) groups is 3. The molecule has 0 radical (unpaired) electrons. The SMILES string of the molecule is O=C([O-])CC(O)(CC(=O)OO)C(=O)[O-].[Mg+2]. The molecular weight excluding hydrogens is 224 g/mol. The number of carbonyl (C=O) groups excluding carboxylic acids is 3. The van der Waals surface area contributed by atoms with E-state index in [1.54, 1.807) is 0 Å². The molecule has 0 heterocycles. The van der Waals surface area contributed by atoms with Gasteiger partial charge in [-0.05, 0) is 0 Å². The summed E-state index contributed by atoms with van der Waals surface area (Å²) in [4.78, 5) is 33.7. The Morgan fingerprint density at radius 3 is 1.93 bits per heavy atom. The van der Waals surface area contributed by atoms with Crippen LogP contribution in [0.1, 0.15) is 12.8 Å². The average Bonchev–Trinajstić information content (AvgIpc) is 2.02. The van der Waals surface area contributed by atoms with Crippen LogP contribution in [0, 0.1) is 0 Å². The van der Waals surface area contributed by atoms with Gasteiger partial charge in [-0.1, -0.05) is 0 Å². The van der Waals surface area contributed by atoms with Crippen molar-refractivity contribution in [1.82, 2.24) is 0 Å². The number of rotatable bonds is 5. The molecule has 15 heavy (non-hydrogen) atoms. The van der Waals surface area contributed by atoms with E-state index >= 15 is 0 Å². The Balaban J connectivity index is 0. The Labute approximate surface area is 99.5 Å². The molecule has 0 aromatic heterocycles. The summed E-state index contributed by atoms with van der Waals surface area (Å²) in [6.45, 7) is 0. The van der Waals surface area contributed by atoms with Crippen molar-refractivity contribution in [3.8, 4) is 0 Å². The summed E-state index contributed by atoms with van der Waals surface area (Å²) in [5.74, 6) is -5.56. The maximum absolute atomic E-state index is 10.4. The normalized spacial score (nSPS) is 13.2. The van der Waals surface area contributed by atoms with E-state index in [1.807, 2.05) is 0 Å². The van der Waals surface area contributed by atoms with E-state index in [0.29, 0.717) is 0 Å². The van der Waals surface area contributed by atoms with E-state index in [1.165, 1.54) is 0 Å². The molecule has 1 unspecified atom stereocenters. The topological polar surface area (TPSA) is 147 Å². The Bertz CT molecular complexity index is 264. The number of aliphatic hydroxyl groups is 1. The smallest absolute Gasteiger partial charge is 0.550 e. The van der Waals surface area contributed by atoms with E-state index in [0.717, 1.165) is 0 Å². The molecule has 0 amide bonds. The van der Waals surface area contributed by atoms with Crippen molar-refractivity contribution in [2.75, 3.05) is 0 Å². The van der Waals surface area contributed by atoms with Crippen LogP contribution in [0.15, 0.2) is 0 Å². The Hall–Kier alpha value is -0.904. The fourth-order valence-electron chi connectivity index (χ4n) is 0.717. The molecule has 0 saturated carbocycles. The Morgan fingerprint density at radius 1 is 1.20 bits per heavy atom. The first-order valence-corrected chi connectivity index (χ1v) is 3.30. The summed E-state index contributed by atoms with van der Waals surface area (Å²) < 4.78 is 0. The van der Waals surface area contributed by atoms with Crippen LogP contribution in [0.25, 0.3) is 0 Å². The Kier molecular flexibility index (Phi) is 7.22. The minimum Gasteiger partial charge on any atom is -0.550 e. The summed E-state index contributed by atoms with van der Waals surface area (Å²) >= 11 is 0. The summed E-state index contributed by atoms with van der Waals surface area (Å²) in [6.07, 6.45) is -2.59. The first kappa shape index (κ1) is 16.5. The first-order valence-electron chi connectivity index (χ1n) is 3.30. The van der Waals surface area contributed by atoms with E-state index in [9.17, 15) is 24.6 Å². The predicted octanol–water partition coefficient (Wildman–Crippen LogP) is -4.37. The van der Waals surface area contributed by atoms with Crippen molar-refractivity contribution in [3.05, 3.63) is 0 Å². The van der Waals surface area contributed by atoms with Crippen LogP contribution in [-0.4, -0.2) is 56.9 Å². The van der Waals surface area contributed by atoms with Crippen LogP contribution in [0.4, 0.5) is 0 Å². The number of carboxylic acid groups (broad SMARTS) is 2. The van der Waals surface area contributed by atoms with Gasteiger partial charge in [0, 0.05) is 12.4 Å². The van der Waals surface area contributed by atoms with E-state index in [2.05, 4.69) is 4.89 Å². The van der Waals surface area contributed by atoms with E-state index in [4.69, 9.17) is 10.4 Å². The monoisotopic (exact) mass is 230 g/mol. The molecule has 0 aliphatic rings. The van der Waals surface area contributed by atoms with Gasteiger partial charge in [0.05, 0.1) is 12.4 Å². The van der Waals surface area contributed by atoms with Gasteiger partial charge < -0.3 is 29.8 Å². The minimum atomic E-state index is -2.95. The third-order valence-electron chi connectivity index (χ3n) is 1.36. The molecule has 0 rings (SSSR count). The molecule has 2 N–H and O–H groups in total. The van der Waals surface area contributed by atoms with Crippen LogP contribution in [0.2, 0.25) is 0 Å². The molecular formula is C6H6MgO8. The van der Waals surface area contributed by atoms with Crippen molar-refractivity contribution in [3.63, 3.8) is 0 Å². The van der Waals surface area contributed by atoms with Gasteiger partial charge in [-0.2, -0.15) is 5.26 Å². The van der Waals surface area contributed by atoms with Crippen LogP contribution in [-0.2, 0) is 19.3 Å². The summed E-state index contributed by atoms with van der Waals surface area (Å²) in [6, 6.07) is 0. The summed E-state index contributed by atoms with van der Waals surface area (Å²) in [7, 11) is 0. The number of aliphatic carboxylic acids is 2. The van der Waals surface area contributed by atoms with E-state index in [-0.39, 0.29) is 23.1 Å². The van der Waals surface area contributed by atoms with Crippen LogP contribution >= 0.6 is 0 Å². The average molecular weight is 230 g/mol.